The van der Waals surface area contributed by atoms with Crippen LogP contribution in [-0.2, 0) is 6.54 Å². The van der Waals surface area contributed by atoms with E-state index in [9.17, 15) is 0 Å². The molecule has 2 aromatic carbocycles. The Bertz CT molecular complexity index is 736. The van der Waals surface area contributed by atoms with E-state index in [1.807, 2.05) is 24.3 Å². The van der Waals surface area contributed by atoms with Gasteiger partial charge in [-0.15, -0.1) is 0 Å². The molecule has 0 radical (unpaired) electrons. The molecule has 0 saturated carbocycles. The molecule has 3 nitrogen and oxygen atoms in total. The first-order chi connectivity index (χ1) is 9.78. The summed E-state index contributed by atoms with van der Waals surface area (Å²) in [7, 11) is 1.67. The van der Waals surface area contributed by atoms with Crippen LogP contribution in [0.5, 0.6) is 5.75 Å². The Morgan fingerprint density at radius 2 is 2.05 bits per heavy atom. The van der Waals surface area contributed by atoms with Crippen LogP contribution in [0.2, 0.25) is 0 Å². The van der Waals surface area contributed by atoms with E-state index in [2.05, 4.69) is 50.6 Å². The molecule has 102 valence electrons. The highest BCUT2D eigenvalue weighted by molar-refractivity contribution is 9.10. The third kappa shape index (κ3) is 2.51. The summed E-state index contributed by atoms with van der Waals surface area (Å²) in [6.07, 6.45) is 2.05. The molecule has 0 aliphatic carbocycles. The van der Waals surface area contributed by atoms with Crippen molar-refractivity contribution in [3.63, 3.8) is 0 Å². The number of hydrogen-bond donors (Lipinski definition) is 2. The summed E-state index contributed by atoms with van der Waals surface area (Å²) >= 11 is 3.49. The number of fused-ring (bicyclic) bond motifs is 1. The number of para-hydroxylation sites is 1. The van der Waals surface area contributed by atoms with Crippen LogP contribution in [0.4, 0.5) is 5.69 Å². The van der Waals surface area contributed by atoms with Crippen LogP contribution >= 0.6 is 15.9 Å². The van der Waals surface area contributed by atoms with Gasteiger partial charge in [-0.25, -0.2) is 0 Å². The van der Waals surface area contributed by atoms with Gasteiger partial charge < -0.3 is 15.0 Å². The van der Waals surface area contributed by atoms with E-state index in [-0.39, 0.29) is 0 Å². The van der Waals surface area contributed by atoms with Crippen molar-refractivity contribution in [2.75, 3.05) is 12.4 Å². The van der Waals surface area contributed by atoms with Crippen molar-refractivity contribution < 1.29 is 4.74 Å². The van der Waals surface area contributed by atoms with Crippen molar-refractivity contribution in [1.82, 2.24) is 4.98 Å². The van der Waals surface area contributed by atoms with Gasteiger partial charge in [-0.2, -0.15) is 0 Å². The largest absolute Gasteiger partial charge is 0.496 e. The fourth-order valence-electron chi connectivity index (χ4n) is 2.25. The zero-order valence-electron chi connectivity index (χ0n) is 11.1. The minimum atomic E-state index is 0.781. The Morgan fingerprint density at radius 3 is 2.85 bits per heavy atom. The second-order valence-electron chi connectivity index (χ2n) is 4.56. The number of H-pyrrole nitrogens is 1. The zero-order chi connectivity index (χ0) is 13.9. The van der Waals surface area contributed by atoms with E-state index >= 15 is 0 Å². The topological polar surface area (TPSA) is 37.0 Å². The van der Waals surface area contributed by atoms with Crippen LogP contribution < -0.4 is 10.1 Å². The van der Waals surface area contributed by atoms with Crippen molar-refractivity contribution in [1.29, 1.82) is 0 Å². The predicted molar refractivity (Wildman–Crippen MR) is 86.3 cm³/mol. The predicted octanol–water partition coefficient (Wildman–Crippen LogP) is 4.55. The highest BCUT2D eigenvalue weighted by atomic mass is 79.9. The average molecular weight is 331 g/mol. The first kappa shape index (κ1) is 13.1. The van der Waals surface area contributed by atoms with Crippen molar-refractivity contribution in [2.45, 2.75) is 6.54 Å². The minimum absolute atomic E-state index is 0.781. The average Bonchev–Trinajstić information content (AvgIpc) is 2.88. The van der Waals surface area contributed by atoms with Gasteiger partial charge in [0, 0.05) is 29.3 Å². The molecular weight excluding hydrogens is 316 g/mol. The first-order valence-corrected chi connectivity index (χ1v) is 7.19. The summed E-state index contributed by atoms with van der Waals surface area (Å²) in [6.45, 7) is 0.781. The molecular formula is C16H15BrN2O. The number of hydrogen-bond acceptors (Lipinski definition) is 2. The van der Waals surface area contributed by atoms with Gasteiger partial charge in [-0.05, 0) is 45.8 Å². The molecule has 0 saturated heterocycles. The van der Waals surface area contributed by atoms with E-state index < -0.39 is 0 Å². The number of benzene rings is 2. The van der Waals surface area contributed by atoms with Gasteiger partial charge in [0.15, 0.2) is 0 Å². The summed E-state index contributed by atoms with van der Waals surface area (Å²) in [4.78, 5) is 3.28. The first-order valence-electron chi connectivity index (χ1n) is 6.40. The standard InChI is InChI=1S/C16H15BrN2O/c1-20-16-7-6-12(8-14(16)17)18-9-11-10-19-15-5-3-2-4-13(11)15/h2-8,10,18-19H,9H2,1H3. The number of halogens is 1. The molecule has 0 spiro atoms. The van der Waals surface area contributed by atoms with E-state index in [0.717, 1.165) is 22.5 Å². The maximum Gasteiger partial charge on any atom is 0.133 e. The van der Waals surface area contributed by atoms with E-state index in [4.69, 9.17) is 4.74 Å². The molecule has 0 aliphatic heterocycles. The molecule has 3 rings (SSSR count). The summed E-state index contributed by atoms with van der Waals surface area (Å²) in [5, 5.41) is 4.68. The van der Waals surface area contributed by atoms with Crippen LogP contribution in [0.25, 0.3) is 10.9 Å². The molecule has 0 aliphatic rings. The highest BCUT2D eigenvalue weighted by Crippen LogP contribution is 2.28. The summed E-state index contributed by atoms with van der Waals surface area (Å²) in [5.74, 6) is 0.836. The van der Waals surface area contributed by atoms with Gasteiger partial charge in [-0.1, -0.05) is 18.2 Å². The summed E-state index contributed by atoms with van der Waals surface area (Å²) in [6, 6.07) is 14.3. The second kappa shape index (κ2) is 5.59. The lowest BCUT2D eigenvalue weighted by Crippen LogP contribution is -1.98. The molecule has 3 aromatic rings. The van der Waals surface area contributed by atoms with E-state index in [1.54, 1.807) is 7.11 Å². The monoisotopic (exact) mass is 330 g/mol. The smallest absolute Gasteiger partial charge is 0.133 e. The zero-order valence-corrected chi connectivity index (χ0v) is 12.7. The lowest BCUT2D eigenvalue weighted by molar-refractivity contribution is 0.412. The van der Waals surface area contributed by atoms with Gasteiger partial charge in [0.25, 0.3) is 0 Å². The highest BCUT2D eigenvalue weighted by Gasteiger charge is 2.04. The fraction of sp³-hybridized carbons (Fsp3) is 0.125. The number of aromatic amines is 1. The molecule has 1 aromatic heterocycles. The van der Waals surface area contributed by atoms with Crippen molar-refractivity contribution >= 4 is 32.5 Å². The third-order valence-electron chi connectivity index (χ3n) is 3.31. The molecule has 4 heteroatoms. The number of aromatic nitrogens is 1. The van der Waals surface area contributed by atoms with Crippen molar-refractivity contribution in [3.8, 4) is 5.75 Å². The van der Waals surface area contributed by atoms with Gasteiger partial charge >= 0.3 is 0 Å². The molecule has 20 heavy (non-hydrogen) atoms. The Morgan fingerprint density at radius 1 is 1.20 bits per heavy atom. The Balaban J connectivity index is 1.78. The maximum atomic E-state index is 5.23. The van der Waals surface area contributed by atoms with Gasteiger partial charge in [-0.3, -0.25) is 0 Å². The number of anilines is 1. The SMILES string of the molecule is COc1ccc(NCc2c[nH]c3ccccc23)cc1Br. The molecule has 0 bridgehead atoms. The Labute approximate surface area is 126 Å². The lowest BCUT2D eigenvalue weighted by atomic mass is 10.2. The van der Waals surface area contributed by atoms with Crippen LogP contribution in [0, 0.1) is 0 Å². The van der Waals surface area contributed by atoms with Crippen LogP contribution in [0.15, 0.2) is 53.1 Å². The van der Waals surface area contributed by atoms with Crippen molar-refractivity contribution in [3.05, 3.63) is 58.7 Å². The molecule has 2 N–H and O–H groups in total. The Kier molecular flexibility index (Phi) is 3.65. The third-order valence-corrected chi connectivity index (χ3v) is 3.93. The van der Waals surface area contributed by atoms with Gasteiger partial charge in [0.1, 0.15) is 5.75 Å². The summed E-state index contributed by atoms with van der Waals surface area (Å²) in [5.41, 5.74) is 3.48. The van der Waals surface area contributed by atoms with Gasteiger partial charge in [0.2, 0.25) is 0 Å². The molecule has 0 atom stereocenters. The lowest BCUT2D eigenvalue weighted by Gasteiger charge is -2.08. The number of nitrogens with one attached hydrogen (secondary N) is 2. The van der Waals surface area contributed by atoms with E-state index in [0.29, 0.717) is 0 Å². The Hall–Kier alpha value is -1.94. The minimum Gasteiger partial charge on any atom is -0.496 e. The number of methoxy groups -OCH3 is 1. The van der Waals surface area contributed by atoms with E-state index in [1.165, 1.54) is 16.5 Å². The normalized spacial score (nSPS) is 10.7. The molecule has 0 amide bonds. The van der Waals surface area contributed by atoms with Crippen LogP contribution in [0.1, 0.15) is 5.56 Å². The van der Waals surface area contributed by atoms with Gasteiger partial charge in [0.05, 0.1) is 11.6 Å². The van der Waals surface area contributed by atoms with Crippen LogP contribution in [-0.4, -0.2) is 12.1 Å². The fourth-order valence-corrected chi connectivity index (χ4v) is 2.79. The van der Waals surface area contributed by atoms with Crippen molar-refractivity contribution in [2.24, 2.45) is 0 Å². The second-order valence-corrected chi connectivity index (χ2v) is 5.42. The molecule has 0 fully saturated rings. The maximum absolute atomic E-state index is 5.23. The summed E-state index contributed by atoms with van der Waals surface area (Å²) < 4.78 is 6.18. The molecule has 0 unspecified atom stereocenters. The number of ether oxygens (including phenoxy) is 1. The molecule has 1 heterocycles. The van der Waals surface area contributed by atoms with Crippen LogP contribution in [0.3, 0.4) is 0 Å². The number of rotatable bonds is 4. The quantitative estimate of drug-likeness (QED) is 0.736.